The molecule has 0 bridgehead atoms. The molecule has 0 saturated carbocycles. The zero-order valence-corrected chi connectivity index (χ0v) is 18.9. The molecule has 1 amide bonds. The van der Waals surface area contributed by atoms with Gasteiger partial charge in [0.15, 0.2) is 5.82 Å². The summed E-state index contributed by atoms with van der Waals surface area (Å²) in [5, 5.41) is 15.6. The number of para-hydroxylation sites is 1. The normalized spacial score (nSPS) is 13.3. The van der Waals surface area contributed by atoms with E-state index in [9.17, 15) is 14.7 Å². The van der Waals surface area contributed by atoms with E-state index < -0.39 is 5.97 Å². The van der Waals surface area contributed by atoms with Gasteiger partial charge in [0.25, 0.3) is 5.91 Å². The van der Waals surface area contributed by atoms with E-state index in [0.717, 1.165) is 16.8 Å². The van der Waals surface area contributed by atoms with Crippen LogP contribution in [0.5, 0.6) is 0 Å². The van der Waals surface area contributed by atoms with Crippen LogP contribution >= 0.6 is 0 Å². The average Bonchev–Trinajstić information content (AvgIpc) is 3.16. The molecule has 2 aromatic carbocycles. The summed E-state index contributed by atoms with van der Waals surface area (Å²) in [4.78, 5) is 35.4. The molecule has 9 heteroatoms. The first kappa shape index (κ1) is 22.9. The fourth-order valence-corrected chi connectivity index (χ4v) is 3.65. The second-order valence-corrected chi connectivity index (χ2v) is 7.71. The molecule has 0 saturated heterocycles. The van der Waals surface area contributed by atoms with Crippen LogP contribution in [0.2, 0.25) is 0 Å². The number of nitrogens with one attached hydrogen (secondary N) is 2. The van der Waals surface area contributed by atoms with Crippen molar-refractivity contribution in [3.63, 3.8) is 0 Å². The predicted octanol–water partition coefficient (Wildman–Crippen LogP) is 2.87. The predicted molar refractivity (Wildman–Crippen MR) is 128 cm³/mol. The molecule has 34 heavy (non-hydrogen) atoms. The zero-order valence-electron chi connectivity index (χ0n) is 18.9. The molecule has 0 fully saturated rings. The van der Waals surface area contributed by atoms with Crippen LogP contribution < -0.4 is 10.6 Å². The molecule has 3 aromatic rings. The fourth-order valence-electron chi connectivity index (χ4n) is 3.65. The molecule has 0 atom stereocenters. The molecule has 4 rings (SSSR count). The number of amides is 1. The van der Waals surface area contributed by atoms with Gasteiger partial charge in [0.2, 0.25) is 0 Å². The number of aliphatic hydroxyl groups excluding tert-OH is 1. The monoisotopic (exact) mass is 459 g/mol. The van der Waals surface area contributed by atoms with Crippen molar-refractivity contribution in [2.45, 2.75) is 6.92 Å². The van der Waals surface area contributed by atoms with Crippen molar-refractivity contribution >= 4 is 29.1 Å². The minimum Gasteiger partial charge on any atom is -0.466 e. The van der Waals surface area contributed by atoms with Crippen molar-refractivity contribution < 1.29 is 19.4 Å². The summed E-state index contributed by atoms with van der Waals surface area (Å²) in [5.74, 6) is 0.189. The van der Waals surface area contributed by atoms with Gasteiger partial charge in [-0.1, -0.05) is 30.3 Å². The summed E-state index contributed by atoms with van der Waals surface area (Å²) >= 11 is 0. The summed E-state index contributed by atoms with van der Waals surface area (Å²) in [5.41, 5.74) is 3.72. The van der Waals surface area contributed by atoms with E-state index in [2.05, 4.69) is 20.6 Å². The van der Waals surface area contributed by atoms with Crippen molar-refractivity contribution in [1.29, 1.82) is 0 Å². The van der Waals surface area contributed by atoms with Crippen LogP contribution in [0.15, 0.2) is 72.1 Å². The number of esters is 1. The Morgan fingerprint density at radius 1 is 1.15 bits per heavy atom. The number of nitrogens with zero attached hydrogens (tertiary/aromatic N) is 3. The van der Waals surface area contributed by atoms with Gasteiger partial charge in [-0.3, -0.25) is 4.79 Å². The lowest BCUT2D eigenvalue weighted by molar-refractivity contribution is -0.136. The smallest absolute Gasteiger partial charge is 0.337 e. The minimum atomic E-state index is -0.592. The number of aliphatic hydroxyl groups is 1. The number of rotatable bonds is 8. The second kappa shape index (κ2) is 10.1. The maximum atomic E-state index is 12.8. The first-order valence-electron chi connectivity index (χ1n) is 10.7. The number of anilines is 3. The van der Waals surface area contributed by atoms with E-state index in [1.807, 2.05) is 43.3 Å². The fraction of sp³-hybridized carbons (Fsp3) is 0.200. The Hall–Kier alpha value is -4.24. The van der Waals surface area contributed by atoms with E-state index in [0.29, 0.717) is 17.3 Å². The molecule has 2 heterocycles. The van der Waals surface area contributed by atoms with Gasteiger partial charge in [0, 0.05) is 29.7 Å². The Morgan fingerprint density at radius 3 is 2.74 bits per heavy atom. The maximum absolute atomic E-state index is 12.8. The lowest BCUT2D eigenvalue weighted by Crippen LogP contribution is -2.31. The Morgan fingerprint density at radius 2 is 1.97 bits per heavy atom. The highest BCUT2D eigenvalue weighted by molar-refractivity contribution is 6.08. The Balaban J connectivity index is 1.59. The summed E-state index contributed by atoms with van der Waals surface area (Å²) < 4.78 is 4.84. The molecule has 0 unspecified atom stereocenters. The Kier molecular flexibility index (Phi) is 6.84. The second-order valence-electron chi connectivity index (χ2n) is 7.71. The van der Waals surface area contributed by atoms with Gasteiger partial charge in [0.05, 0.1) is 25.8 Å². The number of ether oxygens (including phenoxy) is 1. The molecular weight excluding hydrogens is 434 g/mol. The maximum Gasteiger partial charge on any atom is 0.337 e. The number of aryl methyl sites for hydroxylation is 1. The molecule has 1 aliphatic rings. The van der Waals surface area contributed by atoms with E-state index in [4.69, 9.17) is 4.74 Å². The lowest BCUT2D eigenvalue weighted by atomic mass is 10.1. The van der Waals surface area contributed by atoms with E-state index >= 15 is 0 Å². The summed E-state index contributed by atoms with van der Waals surface area (Å²) in [6.07, 6.45) is 1.67. The van der Waals surface area contributed by atoms with Gasteiger partial charge in [-0.25, -0.2) is 14.8 Å². The number of aromatic nitrogens is 2. The lowest BCUT2D eigenvalue weighted by Gasteiger charge is -2.15. The highest BCUT2D eigenvalue weighted by atomic mass is 16.5. The number of hydrogen-bond acceptors (Lipinski definition) is 8. The zero-order chi connectivity index (χ0) is 24.1. The third kappa shape index (κ3) is 4.89. The number of benzene rings is 2. The van der Waals surface area contributed by atoms with E-state index in [1.54, 1.807) is 24.4 Å². The van der Waals surface area contributed by atoms with Gasteiger partial charge in [-0.2, -0.15) is 0 Å². The quantitative estimate of drug-likeness (QED) is 0.441. The molecule has 0 spiro atoms. The third-order valence-corrected chi connectivity index (χ3v) is 5.41. The summed E-state index contributed by atoms with van der Waals surface area (Å²) in [6, 6.07) is 17.0. The van der Waals surface area contributed by atoms with Gasteiger partial charge >= 0.3 is 5.97 Å². The van der Waals surface area contributed by atoms with Crippen LogP contribution in [-0.2, 0) is 14.3 Å². The van der Waals surface area contributed by atoms with Gasteiger partial charge in [-0.15, -0.1) is 0 Å². The van der Waals surface area contributed by atoms with Crippen LogP contribution in [0.25, 0.3) is 11.4 Å². The number of carbonyl (C=O) groups excluding carboxylic acids is 2. The molecule has 174 valence electrons. The largest absolute Gasteiger partial charge is 0.466 e. The van der Waals surface area contributed by atoms with Crippen LogP contribution in [0.3, 0.4) is 0 Å². The van der Waals surface area contributed by atoms with Crippen LogP contribution in [0.1, 0.15) is 5.56 Å². The van der Waals surface area contributed by atoms with Gasteiger partial charge in [-0.05, 0) is 36.8 Å². The number of β-amino-alcohol motifs (C(OH)–C–C–N with tert-alkyl or cyclic N) is 1. The van der Waals surface area contributed by atoms with Gasteiger partial charge < -0.3 is 25.4 Å². The third-order valence-electron chi connectivity index (χ3n) is 5.41. The Labute approximate surface area is 197 Å². The summed E-state index contributed by atoms with van der Waals surface area (Å²) in [7, 11) is 1.27. The van der Waals surface area contributed by atoms with Crippen molar-refractivity contribution in [3.8, 4) is 11.4 Å². The van der Waals surface area contributed by atoms with Crippen molar-refractivity contribution in [2.24, 2.45) is 0 Å². The molecule has 0 aliphatic carbocycles. The number of carbonyl (C=O) groups is 2. The van der Waals surface area contributed by atoms with Crippen molar-refractivity contribution in [3.05, 3.63) is 77.6 Å². The first-order valence-corrected chi connectivity index (χ1v) is 10.7. The molecule has 1 aliphatic heterocycles. The molecule has 0 radical (unpaired) electrons. The van der Waals surface area contributed by atoms with Crippen molar-refractivity contribution in [2.75, 3.05) is 37.4 Å². The molecule has 9 nitrogen and oxygen atoms in total. The van der Waals surface area contributed by atoms with Gasteiger partial charge in [0.1, 0.15) is 11.5 Å². The Bertz CT molecular complexity index is 1260. The van der Waals surface area contributed by atoms with Crippen LogP contribution in [-0.4, -0.2) is 58.7 Å². The van der Waals surface area contributed by atoms with Crippen LogP contribution in [0, 0.1) is 6.92 Å². The highest BCUT2D eigenvalue weighted by Gasteiger charge is 2.34. The number of methoxy groups -OCH3 is 1. The topological polar surface area (TPSA) is 117 Å². The average molecular weight is 460 g/mol. The molecule has 1 aromatic heterocycles. The van der Waals surface area contributed by atoms with E-state index in [1.165, 1.54) is 12.0 Å². The van der Waals surface area contributed by atoms with Crippen LogP contribution in [0.4, 0.5) is 17.2 Å². The first-order chi connectivity index (χ1) is 16.5. The standard InChI is InChI=1S/C25H25N5O4/c1-16-6-3-4-9-20(16)28-21-10-11-26-23(29-21)17-7-5-8-18(14-17)27-22-19(25(33)34-2)15-30(12-13-31)24(22)32/h3-11,14,27,31H,12-13,15H2,1-2H3,(H,26,28,29). The van der Waals surface area contributed by atoms with E-state index in [-0.39, 0.29) is 36.9 Å². The molecule has 3 N–H and O–H groups in total. The SMILES string of the molecule is COC(=O)C1=C(Nc2cccc(-c3nccc(Nc4ccccc4C)n3)c2)C(=O)N(CCO)C1. The number of hydrogen-bond donors (Lipinski definition) is 3. The van der Waals surface area contributed by atoms with Crippen molar-refractivity contribution in [1.82, 2.24) is 14.9 Å². The summed E-state index contributed by atoms with van der Waals surface area (Å²) in [6.45, 7) is 2.01. The minimum absolute atomic E-state index is 0.0732. The molecular formula is C25H25N5O4. The highest BCUT2D eigenvalue weighted by Crippen LogP contribution is 2.26.